The minimum Gasteiger partial charge on any atom is -0.317 e. The quantitative estimate of drug-likeness (QED) is 0.0899. The fourth-order valence-electron chi connectivity index (χ4n) is 2.17. The van der Waals surface area contributed by atoms with Gasteiger partial charge in [0.1, 0.15) is 0 Å². The van der Waals surface area contributed by atoms with Gasteiger partial charge in [0.25, 0.3) is 7.52 Å². The average Bonchev–Trinajstić information content (AvgIpc) is 3.25. The first-order chi connectivity index (χ1) is 14.8. The van der Waals surface area contributed by atoms with Gasteiger partial charge in [-0.25, -0.2) is 4.67 Å². The second-order valence-corrected chi connectivity index (χ2v) is 12.2. The fourth-order valence-corrected chi connectivity index (χ4v) is 6.92. The molecule has 1 aromatic heterocycles. The third kappa shape index (κ3) is 15.6. The lowest BCUT2D eigenvalue weighted by Crippen LogP contribution is -2.27. The Hall–Kier alpha value is 1.13. The van der Waals surface area contributed by atoms with E-state index in [1.54, 1.807) is 6.07 Å². The molecule has 184 valence electrons. The zero-order valence-corrected chi connectivity index (χ0v) is 26.6. The molecule has 1 unspecified atom stereocenters. The van der Waals surface area contributed by atoms with Gasteiger partial charge in [-0.3, -0.25) is 14.7 Å². The van der Waals surface area contributed by atoms with Gasteiger partial charge in [0.15, 0.2) is 0 Å². The number of rotatable bonds is 14. The van der Waals surface area contributed by atoms with Crippen molar-refractivity contribution in [3.05, 3.63) is 27.1 Å². The lowest BCUT2D eigenvalue weighted by atomic mass is 10.4. The molecule has 1 rings (SSSR count). The van der Waals surface area contributed by atoms with Crippen molar-refractivity contribution in [2.45, 2.75) is 20.3 Å². The summed E-state index contributed by atoms with van der Waals surface area (Å²) in [7, 11) is -0.736. The minimum absolute atomic E-state index is 0.119. The number of alkyl halides is 4. The maximum atomic E-state index is 12.9. The van der Waals surface area contributed by atoms with E-state index >= 15 is 0 Å². The number of thiophene rings is 1. The predicted octanol–water partition coefficient (Wildman–Crippen LogP) is 6.86. The van der Waals surface area contributed by atoms with Gasteiger partial charge in [-0.1, -0.05) is 88.9 Å². The van der Waals surface area contributed by atoms with E-state index in [4.69, 9.17) is 4.52 Å². The summed E-state index contributed by atoms with van der Waals surface area (Å²) >= 11 is 14.2. The highest BCUT2D eigenvalue weighted by molar-refractivity contribution is 9.09. The van der Waals surface area contributed by atoms with E-state index in [0.29, 0.717) is 32.3 Å². The molecule has 0 saturated carbocycles. The van der Waals surface area contributed by atoms with Crippen molar-refractivity contribution in [1.82, 2.24) is 9.57 Å². The van der Waals surface area contributed by atoms with Gasteiger partial charge < -0.3 is 9.42 Å². The summed E-state index contributed by atoms with van der Waals surface area (Å²) in [5.74, 6) is 1.81. The minimum atomic E-state index is -2.85. The molecule has 0 amide bonds. The molecule has 0 bridgehead atoms. The molecule has 7 nitrogen and oxygen atoms in total. The van der Waals surface area contributed by atoms with Crippen LogP contribution in [0, 0.1) is 10.1 Å². The van der Waals surface area contributed by atoms with Crippen LogP contribution >= 0.6 is 82.6 Å². The maximum absolute atomic E-state index is 12.9. The molecular formula is C18H34Br4N3O4PS. The highest BCUT2D eigenvalue weighted by atomic mass is 79.9. The van der Waals surface area contributed by atoms with E-state index in [1.165, 1.54) is 6.07 Å². The van der Waals surface area contributed by atoms with Crippen LogP contribution in [0.1, 0.15) is 18.7 Å². The maximum Gasteiger partial charge on any atom is 0.324 e. The van der Waals surface area contributed by atoms with E-state index in [0.717, 1.165) is 45.3 Å². The summed E-state index contributed by atoms with van der Waals surface area (Å²) in [5.41, 5.74) is 0. The van der Waals surface area contributed by atoms with E-state index in [1.807, 2.05) is 17.4 Å². The number of hydrogen-bond donors (Lipinski definition) is 0. The second kappa shape index (κ2) is 21.6. The monoisotopic (exact) mass is 735 g/mol. The van der Waals surface area contributed by atoms with Gasteiger partial charge in [0.05, 0.1) is 11.5 Å². The Labute approximate surface area is 224 Å². The summed E-state index contributed by atoms with van der Waals surface area (Å²) in [6.45, 7) is 7.91. The van der Waals surface area contributed by atoms with Crippen LogP contribution in [-0.4, -0.2) is 82.3 Å². The molecule has 0 spiro atoms. The lowest BCUT2D eigenvalue weighted by Gasteiger charge is -2.29. The zero-order chi connectivity index (χ0) is 24.3. The Kier molecular flexibility index (Phi) is 24.0. The largest absolute Gasteiger partial charge is 0.324 e. The molecule has 0 aliphatic carbocycles. The van der Waals surface area contributed by atoms with Crippen LogP contribution in [0.5, 0.6) is 0 Å². The number of nitro groups is 1. The molecule has 0 saturated heterocycles. The first kappa shape index (κ1) is 34.3. The van der Waals surface area contributed by atoms with Crippen LogP contribution in [0.2, 0.25) is 0 Å². The standard InChI is InChI=1S/C12H19Br2N2O4PS.C5H12BrN.CH3Br/c1-2-21(19,15(8-6-13)9-7-14)20-10-5-11-3-4-12(22-11)16(17)18;1-3-7(2)5-4-6;1-2/h3-4H,2,5-10H2,1H3;3-5H2,1-2H3;1H3. The Morgan fingerprint density at radius 3 is 2.00 bits per heavy atom. The van der Waals surface area contributed by atoms with Crippen LogP contribution in [0.3, 0.4) is 0 Å². The second-order valence-electron chi connectivity index (χ2n) is 5.95. The first-order valence-corrected chi connectivity index (χ1v) is 17.3. The number of halogens is 4. The van der Waals surface area contributed by atoms with Gasteiger partial charge in [-0.2, -0.15) is 0 Å². The molecule has 0 aliphatic heterocycles. The fraction of sp³-hybridized carbons (Fsp3) is 0.778. The van der Waals surface area contributed by atoms with E-state index in [-0.39, 0.29) is 5.00 Å². The number of hydrogen-bond acceptors (Lipinski definition) is 6. The summed E-state index contributed by atoms with van der Waals surface area (Å²) in [4.78, 5) is 13.4. The van der Waals surface area contributed by atoms with Gasteiger partial charge in [-0.15, -0.1) is 0 Å². The molecule has 31 heavy (non-hydrogen) atoms. The van der Waals surface area contributed by atoms with E-state index < -0.39 is 12.4 Å². The van der Waals surface area contributed by atoms with Gasteiger partial charge in [-0.05, 0) is 25.5 Å². The highest BCUT2D eigenvalue weighted by Crippen LogP contribution is 2.50. The topological polar surface area (TPSA) is 75.9 Å². The van der Waals surface area contributed by atoms with Crippen molar-refractivity contribution >= 4 is 87.6 Å². The highest BCUT2D eigenvalue weighted by Gasteiger charge is 2.29. The predicted molar refractivity (Wildman–Crippen MR) is 150 cm³/mol. The molecule has 0 aliphatic rings. The van der Waals surface area contributed by atoms with E-state index in [9.17, 15) is 14.7 Å². The molecule has 0 fully saturated rings. The third-order valence-corrected chi connectivity index (χ3v) is 8.80. The number of nitrogens with zero attached hydrogens (tertiary/aromatic N) is 3. The van der Waals surface area contributed by atoms with Crippen molar-refractivity contribution in [2.24, 2.45) is 0 Å². The molecule has 1 atom stereocenters. The van der Waals surface area contributed by atoms with Crippen LogP contribution in [0.4, 0.5) is 5.00 Å². The van der Waals surface area contributed by atoms with Crippen molar-refractivity contribution in [3.63, 3.8) is 0 Å². The normalized spacial score (nSPS) is 12.6. The Morgan fingerprint density at radius 1 is 1.10 bits per heavy atom. The summed E-state index contributed by atoms with van der Waals surface area (Å²) in [5, 5.41) is 13.3. The van der Waals surface area contributed by atoms with E-state index in [2.05, 4.69) is 82.6 Å². The lowest BCUT2D eigenvalue weighted by molar-refractivity contribution is -0.380. The van der Waals surface area contributed by atoms with Crippen LogP contribution in [0.15, 0.2) is 12.1 Å². The van der Waals surface area contributed by atoms with Crippen LogP contribution < -0.4 is 0 Å². The van der Waals surface area contributed by atoms with Crippen molar-refractivity contribution in [2.75, 3.05) is 67.8 Å². The van der Waals surface area contributed by atoms with Gasteiger partial charge in [0.2, 0.25) is 0 Å². The Bertz CT molecular complexity index is 622. The Balaban J connectivity index is 0. The van der Waals surface area contributed by atoms with Gasteiger partial charge in [0, 0.05) is 59.2 Å². The average molecular weight is 739 g/mol. The molecule has 13 heteroatoms. The SMILES string of the molecule is CBr.CCN(C)CCBr.CCP(=O)(OCCc1ccc([N+](=O)[O-])s1)N(CCBr)CCBr. The summed E-state index contributed by atoms with van der Waals surface area (Å²) in [6, 6.07) is 3.21. The summed E-state index contributed by atoms with van der Waals surface area (Å²) in [6.07, 6.45) is 0.969. The molecule has 1 heterocycles. The Morgan fingerprint density at radius 2 is 1.65 bits per heavy atom. The van der Waals surface area contributed by atoms with Crippen molar-refractivity contribution in [1.29, 1.82) is 0 Å². The molecule has 0 radical (unpaired) electrons. The third-order valence-electron chi connectivity index (χ3n) is 3.99. The molecule has 0 aromatic carbocycles. The van der Waals surface area contributed by atoms with Gasteiger partial charge >= 0.3 is 5.00 Å². The van der Waals surface area contributed by atoms with Crippen molar-refractivity contribution in [3.8, 4) is 0 Å². The summed E-state index contributed by atoms with van der Waals surface area (Å²) < 4.78 is 20.5. The molecule has 1 aromatic rings. The molecule has 0 N–H and O–H groups in total. The first-order valence-electron chi connectivity index (χ1n) is 9.74. The smallest absolute Gasteiger partial charge is 0.317 e. The van der Waals surface area contributed by atoms with Crippen LogP contribution in [0.25, 0.3) is 0 Å². The van der Waals surface area contributed by atoms with Crippen LogP contribution in [-0.2, 0) is 15.5 Å². The molecular weight excluding hydrogens is 705 g/mol. The van der Waals surface area contributed by atoms with Crippen molar-refractivity contribution < 1.29 is 14.0 Å². The zero-order valence-electron chi connectivity index (χ0n) is 18.6.